The average molecular weight is 228 g/mol. The summed E-state index contributed by atoms with van der Waals surface area (Å²) in [6, 6.07) is 0. The Bertz CT molecular complexity index is 364. The SMILES string of the molecule is Cc1nn(C)c(Cl)c1C1(N)CCCCC1. The van der Waals surface area contributed by atoms with Crippen molar-refractivity contribution in [3.8, 4) is 0 Å². The van der Waals surface area contributed by atoms with Crippen LogP contribution in [0.25, 0.3) is 0 Å². The van der Waals surface area contributed by atoms with E-state index >= 15 is 0 Å². The largest absolute Gasteiger partial charge is 0.321 e. The lowest BCUT2D eigenvalue weighted by Crippen LogP contribution is -2.39. The summed E-state index contributed by atoms with van der Waals surface area (Å²) in [4.78, 5) is 0. The van der Waals surface area contributed by atoms with Crippen LogP contribution >= 0.6 is 11.6 Å². The lowest BCUT2D eigenvalue weighted by molar-refractivity contribution is 0.301. The lowest BCUT2D eigenvalue weighted by atomic mass is 9.77. The fraction of sp³-hybridized carbons (Fsp3) is 0.727. The molecule has 0 atom stereocenters. The second-order valence-corrected chi connectivity index (χ2v) is 4.95. The van der Waals surface area contributed by atoms with Crippen molar-refractivity contribution in [2.45, 2.75) is 44.6 Å². The normalized spacial score (nSPS) is 20.5. The van der Waals surface area contributed by atoms with Crippen molar-refractivity contribution in [2.75, 3.05) is 0 Å². The van der Waals surface area contributed by atoms with Crippen LogP contribution in [0.5, 0.6) is 0 Å². The predicted octanol–water partition coefficient (Wildman–Crippen LogP) is 2.50. The fourth-order valence-corrected chi connectivity index (χ4v) is 2.99. The third-order valence-electron chi connectivity index (χ3n) is 3.40. The van der Waals surface area contributed by atoms with Gasteiger partial charge in [0.15, 0.2) is 0 Å². The molecule has 1 fully saturated rings. The molecule has 1 aromatic heterocycles. The number of rotatable bonds is 1. The minimum absolute atomic E-state index is 0.242. The van der Waals surface area contributed by atoms with Gasteiger partial charge >= 0.3 is 0 Å². The number of aromatic nitrogens is 2. The van der Waals surface area contributed by atoms with Gasteiger partial charge in [0, 0.05) is 18.2 Å². The summed E-state index contributed by atoms with van der Waals surface area (Å²) >= 11 is 6.26. The van der Waals surface area contributed by atoms with Crippen molar-refractivity contribution >= 4 is 11.6 Å². The molecule has 0 spiro atoms. The quantitative estimate of drug-likeness (QED) is 0.801. The summed E-state index contributed by atoms with van der Waals surface area (Å²) in [5.74, 6) is 0. The molecule has 0 bridgehead atoms. The maximum Gasteiger partial charge on any atom is 0.132 e. The summed E-state index contributed by atoms with van der Waals surface area (Å²) < 4.78 is 1.72. The van der Waals surface area contributed by atoms with Crippen molar-refractivity contribution in [3.05, 3.63) is 16.4 Å². The zero-order valence-corrected chi connectivity index (χ0v) is 10.1. The van der Waals surface area contributed by atoms with Crippen LogP contribution in [-0.4, -0.2) is 9.78 Å². The smallest absolute Gasteiger partial charge is 0.132 e. The van der Waals surface area contributed by atoms with E-state index in [4.69, 9.17) is 17.3 Å². The molecule has 0 saturated heterocycles. The number of aryl methyl sites for hydroxylation is 2. The number of nitrogens with two attached hydrogens (primary N) is 1. The Morgan fingerprint density at radius 3 is 2.40 bits per heavy atom. The van der Waals surface area contributed by atoms with Crippen LogP contribution in [0, 0.1) is 6.92 Å². The summed E-state index contributed by atoms with van der Waals surface area (Å²) in [7, 11) is 1.87. The standard InChI is InChI=1S/C11H18ClN3/c1-8-9(10(12)15(2)14-8)11(13)6-4-3-5-7-11/h3-7,13H2,1-2H3. The van der Waals surface area contributed by atoms with E-state index in [2.05, 4.69) is 5.10 Å². The molecule has 1 heterocycles. The molecule has 0 radical (unpaired) electrons. The van der Waals surface area contributed by atoms with Gasteiger partial charge in [0.1, 0.15) is 5.15 Å². The molecule has 1 aliphatic carbocycles. The van der Waals surface area contributed by atoms with E-state index in [1.807, 2.05) is 14.0 Å². The van der Waals surface area contributed by atoms with Crippen molar-refractivity contribution in [1.82, 2.24) is 9.78 Å². The van der Waals surface area contributed by atoms with Gasteiger partial charge in [-0.1, -0.05) is 30.9 Å². The van der Waals surface area contributed by atoms with Crippen LogP contribution in [-0.2, 0) is 12.6 Å². The van der Waals surface area contributed by atoms with Crippen molar-refractivity contribution in [3.63, 3.8) is 0 Å². The van der Waals surface area contributed by atoms with Gasteiger partial charge in [-0.15, -0.1) is 0 Å². The zero-order valence-electron chi connectivity index (χ0n) is 9.39. The van der Waals surface area contributed by atoms with Gasteiger partial charge < -0.3 is 5.73 Å². The highest BCUT2D eigenvalue weighted by molar-refractivity contribution is 6.30. The lowest BCUT2D eigenvalue weighted by Gasteiger charge is -2.33. The second kappa shape index (κ2) is 3.80. The van der Waals surface area contributed by atoms with E-state index in [9.17, 15) is 0 Å². The van der Waals surface area contributed by atoms with E-state index in [-0.39, 0.29) is 5.54 Å². The van der Waals surface area contributed by atoms with E-state index in [0.717, 1.165) is 24.1 Å². The Kier molecular flexibility index (Phi) is 2.77. The van der Waals surface area contributed by atoms with E-state index in [1.54, 1.807) is 4.68 Å². The van der Waals surface area contributed by atoms with E-state index in [1.165, 1.54) is 19.3 Å². The molecule has 0 aliphatic heterocycles. The molecule has 2 rings (SSSR count). The Morgan fingerprint density at radius 1 is 1.33 bits per heavy atom. The summed E-state index contributed by atoms with van der Waals surface area (Å²) in [6.07, 6.45) is 5.73. The number of nitrogens with zero attached hydrogens (tertiary/aromatic N) is 2. The van der Waals surface area contributed by atoms with Crippen LogP contribution in [0.2, 0.25) is 5.15 Å². The second-order valence-electron chi connectivity index (χ2n) is 4.59. The maximum absolute atomic E-state index is 6.46. The molecule has 4 heteroatoms. The highest BCUT2D eigenvalue weighted by Gasteiger charge is 2.34. The van der Waals surface area contributed by atoms with Crippen molar-refractivity contribution in [1.29, 1.82) is 0 Å². The first-order chi connectivity index (χ1) is 7.04. The number of hydrogen-bond acceptors (Lipinski definition) is 2. The van der Waals surface area contributed by atoms with Gasteiger partial charge in [0.25, 0.3) is 0 Å². The Balaban J connectivity index is 2.42. The number of halogens is 1. The summed E-state index contributed by atoms with van der Waals surface area (Å²) in [5.41, 5.74) is 8.26. The van der Waals surface area contributed by atoms with Crippen LogP contribution in [0.15, 0.2) is 0 Å². The first-order valence-electron chi connectivity index (χ1n) is 5.53. The molecular weight excluding hydrogens is 210 g/mol. The highest BCUT2D eigenvalue weighted by Crippen LogP contribution is 2.39. The zero-order chi connectivity index (χ0) is 11.1. The summed E-state index contributed by atoms with van der Waals surface area (Å²) in [5, 5.41) is 5.04. The topological polar surface area (TPSA) is 43.8 Å². The van der Waals surface area contributed by atoms with Crippen LogP contribution in [0.3, 0.4) is 0 Å². The van der Waals surface area contributed by atoms with Crippen molar-refractivity contribution in [2.24, 2.45) is 12.8 Å². The molecular formula is C11H18ClN3. The Morgan fingerprint density at radius 2 is 1.93 bits per heavy atom. The molecule has 84 valence electrons. The van der Waals surface area contributed by atoms with Crippen LogP contribution in [0.1, 0.15) is 43.4 Å². The van der Waals surface area contributed by atoms with Gasteiger partial charge in [0.2, 0.25) is 0 Å². The first kappa shape index (κ1) is 11.0. The van der Waals surface area contributed by atoms with Gasteiger partial charge in [-0.3, -0.25) is 4.68 Å². The van der Waals surface area contributed by atoms with Crippen LogP contribution < -0.4 is 5.73 Å². The van der Waals surface area contributed by atoms with Gasteiger partial charge in [-0.25, -0.2) is 0 Å². The minimum atomic E-state index is -0.242. The maximum atomic E-state index is 6.46. The Labute approximate surface area is 95.6 Å². The van der Waals surface area contributed by atoms with Gasteiger partial charge in [-0.05, 0) is 19.8 Å². The third-order valence-corrected chi connectivity index (χ3v) is 3.83. The molecule has 2 N–H and O–H groups in total. The fourth-order valence-electron chi connectivity index (χ4n) is 2.63. The molecule has 0 aromatic carbocycles. The summed E-state index contributed by atoms with van der Waals surface area (Å²) in [6.45, 7) is 1.99. The third kappa shape index (κ3) is 1.79. The van der Waals surface area contributed by atoms with Crippen LogP contribution in [0.4, 0.5) is 0 Å². The number of hydrogen-bond donors (Lipinski definition) is 1. The highest BCUT2D eigenvalue weighted by atomic mass is 35.5. The van der Waals surface area contributed by atoms with E-state index < -0.39 is 0 Å². The monoisotopic (exact) mass is 227 g/mol. The van der Waals surface area contributed by atoms with Gasteiger partial charge in [0.05, 0.1) is 5.69 Å². The first-order valence-corrected chi connectivity index (χ1v) is 5.91. The molecule has 1 aliphatic rings. The molecule has 3 nitrogen and oxygen atoms in total. The molecule has 15 heavy (non-hydrogen) atoms. The molecule has 0 unspecified atom stereocenters. The molecule has 1 saturated carbocycles. The van der Waals surface area contributed by atoms with Crippen molar-refractivity contribution < 1.29 is 0 Å². The molecule has 0 amide bonds. The minimum Gasteiger partial charge on any atom is -0.321 e. The molecule has 1 aromatic rings. The predicted molar refractivity (Wildman–Crippen MR) is 61.9 cm³/mol. The van der Waals surface area contributed by atoms with Gasteiger partial charge in [-0.2, -0.15) is 5.10 Å². The van der Waals surface area contributed by atoms with E-state index in [0.29, 0.717) is 5.15 Å². The average Bonchev–Trinajstić information content (AvgIpc) is 2.42. The Hall–Kier alpha value is -0.540.